The zero-order chi connectivity index (χ0) is 16.5. The highest BCUT2D eigenvalue weighted by Gasteiger charge is 2.17. The quantitative estimate of drug-likeness (QED) is 0.631. The van der Waals surface area contributed by atoms with Gasteiger partial charge in [-0.1, -0.05) is 36.4 Å². The number of hydrogen-bond acceptors (Lipinski definition) is 3. The first-order valence-corrected chi connectivity index (χ1v) is 7.52. The van der Waals surface area contributed by atoms with E-state index in [2.05, 4.69) is 9.97 Å². The van der Waals surface area contributed by atoms with Crippen molar-refractivity contribution < 1.29 is 4.79 Å². The van der Waals surface area contributed by atoms with Crippen LogP contribution >= 0.6 is 0 Å². The Labute approximate surface area is 138 Å². The zero-order valence-electron chi connectivity index (χ0n) is 12.8. The third kappa shape index (κ3) is 2.23. The number of carbonyl (C=O) groups excluding carboxylic acids is 1. The maximum Gasteiger partial charge on any atom is 0.249 e. The maximum absolute atomic E-state index is 12.0. The Hall–Kier alpha value is -3.47. The number of rotatable bonds is 3. The van der Waals surface area contributed by atoms with Gasteiger partial charge in [-0.15, -0.1) is 0 Å². The molecule has 2 aromatic carbocycles. The van der Waals surface area contributed by atoms with Crippen molar-refractivity contribution in [1.82, 2.24) is 14.5 Å². The molecule has 2 N–H and O–H groups in total. The highest BCUT2D eigenvalue weighted by atomic mass is 16.1. The molecule has 0 fully saturated rings. The molecule has 5 nitrogen and oxygen atoms in total. The Morgan fingerprint density at radius 3 is 2.54 bits per heavy atom. The number of hydrogen-bond donors (Lipinski definition) is 1. The summed E-state index contributed by atoms with van der Waals surface area (Å²) in [6.45, 7) is 0. The summed E-state index contributed by atoms with van der Waals surface area (Å²) in [6.07, 6.45) is 3.44. The van der Waals surface area contributed by atoms with E-state index in [1.807, 2.05) is 59.2 Å². The minimum Gasteiger partial charge on any atom is -0.366 e. The molecule has 1 amide bonds. The molecular weight excluding hydrogens is 300 g/mol. The number of aromatic nitrogens is 3. The van der Waals surface area contributed by atoms with E-state index in [0.717, 1.165) is 28.0 Å². The average Bonchev–Trinajstić information content (AvgIpc) is 3.05. The molecule has 0 saturated carbocycles. The van der Waals surface area contributed by atoms with Gasteiger partial charge >= 0.3 is 0 Å². The summed E-state index contributed by atoms with van der Waals surface area (Å²) in [5.74, 6) is -0.465. The van der Waals surface area contributed by atoms with Crippen molar-refractivity contribution >= 4 is 17.1 Å². The Morgan fingerprint density at radius 1 is 0.917 bits per heavy atom. The molecular formula is C19H14N4O. The predicted molar refractivity (Wildman–Crippen MR) is 92.8 cm³/mol. The van der Waals surface area contributed by atoms with Crippen LogP contribution < -0.4 is 5.73 Å². The van der Waals surface area contributed by atoms with Crippen LogP contribution in [0.5, 0.6) is 0 Å². The Morgan fingerprint density at radius 2 is 1.75 bits per heavy atom. The number of amides is 1. The molecule has 0 atom stereocenters. The fourth-order valence-electron chi connectivity index (χ4n) is 2.88. The third-order valence-corrected chi connectivity index (χ3v) is 3.94. The van der Waals surface area contributed by atoms with Gasteiger partial charge in [0.15, 0.2) is 5.65 Å². The Kier molecular flexibility index (Phi) is 3.31. The van der Waals surface area contributed by atoms with Gasteiger partial charge in [0, 0.05) is 17.3 Å². The largest absolute Gasteiger partial charge is 0.366 e. The normalized spacial score (nSPS) is 10.8. The molecule has 0 saturated heterocycles. The first-order chi connectivity index (χ1) is 11.8. The Balaban J connectivity index is 2.06. The lowest BCUT2D eigenvalue weighted by Crippen LogP contribution is -2.14. The number of nitrogens with two attached hydrogens (primary N) is 1. The number of benzene rings is 2. The molecule has 5 heteroatoms. The van der Waals surface area contributed by atoms with Gasteiger partial charge in [0.1, 0.15) is 11.8 Å². The van der Waals surface area contributed by atoms with Crippen molar-refractivity contribution in [1.29, 1.82) is 0 Å². The zero-order valence-corrected chi connectivity index (χ0v) is 12.8. The molecule has 0 spiro atoms. The molecule has 24 heavy (non-hydrogen) atoms. The van der Waals surface area contributed by atoms with E-state index < -0.39 is 5.91 Å². The van der Waals surface area contributed by atoms with Crippen LogP contribution in [0, 0.1) is 0 Å². The van der Waals surface area contributed by atoms with Crippen LogP contribution in [0.15, 0.2) is 73.2 Å². The van der Waals surface area contributed by atoms with Gasteiger partial charge in [0.25, 0.3) is 0 Å². The topological polar surface area (TPSA) is 73.8 Å². The number of fused-ring (bicyclic) bond motifs is 1. The molecule has 2 heterocycles. The SMILES string of the molecule is NC(=O)c1cccc(-n2cnc3cccnc32)c1-c1ccccc1. The van der Waals surface area contributed by atoms with E-state index >= 15 is 0 Å². The van der Waals surface area contributed by atoms with Crippen LogP contribution in [0.1, 0.15) is 10.4 Å². The Bertz CT molecular complexity index is 1040. The molecule has 0 aliphatic heterocycles. The number of carbonyl (C=O) groups is 1. The van der Waals surface area contributed by atoms with Crippen LogP contribution in [0.2, 0.25) is 0 Å². The minimum absolute atomic E-state index is 0.465. The van der Waals surface area contributed by atoms with Crippen LogP contribution in [0.3, 0.4) is 0 Å². The van der Waals surface area contributed by atoms with E-state index in [4.69, 9.17) is 5.73 Å². The summed E-state index contributed by atoms with van der Waals surface area (Å²) < 4.78 is 1.88. The van der Waals surface area contributed by atoms with Crippen LogP contribution in [0.4, 0.5) is 0 Å². The smallest absolute Gasteiger partial charge is 0.249 e. The summed E-state index contributed by atoms with van der Waals surface area (Å²) in [6, 6.07) is 18.9. The fraction of sp³-hybridized carbons (Fsp3) is 0. The number of nitrogens with zero attached hydrogens (tertiary/aromatic N) is 3. The third-order valence-electron chi connectivity index (χ3n) is 3.94. The monoisotopic (exact) mass is 314 g/mol. The molecule has 0 aliphatic carbocycles. The summed E-state index contributed by atoms with van der Waals surface area (Å²) in [5.41, 5.74) is 10.1. The van der Waals surface area contributed by atoms with Crippen molar-refractivity contribution in [3.8, 4) is 16.8 Å². The van der Waals surface area contributed by atoms with Gasteiger partial charge in [-0.3, -0.25) is 9.36 Å². The molecule has 2 aromatic heterocycles. The van der Waals surface area contributed by atoms with Crippen LogP contribution in [-0.2, 0) is 0 Å². The van der Waals surface area contributed by atoms with Crippen molar-refractivity contribution in [2.24, 2.45) is 5.73 Å². The van der Waals surface area contributed by atoms with Gasteiger partial charge in [-0.25, -0.2) is 9.97 Å². The van der Waals surface area contributed by atoms with Gasteiger partial charge in [-0.2, -0.15) is 0 Å². The fourth-order valence-corrected chi connectivity index (χ4v) is 2.88. The minimum atomic E-state index is -0.465. The van der Waals surface area contributed by atoms with Crippen LogP contribution in [0.25, 0.3) is 28.0 Å². The average molecular weight is 314 g/mol. The second-order valence-corrected chi connectivity index (χ2v) is 5.39. The summed E-state index contributed by atoms with van der Waals surface area (Å²) in [5, 5.41) is 0. The molecule has 4 aromatic rings. The van der Waals surface area contributed by atoms with Crippen molar-refractivity contribution in [3.05, 3.63) is 78.8 Å². The molecule has 0 unspecified atom stereocenters. The highest BCUT2D eigenvalue weighted by Crippen LogP contribution is 2.31. The first-order valence-electron chi connectivity index (χ1n) is 7.52. The predicted octanol–water partition coefficient (Wildman–Crippen LogP) is 3.19. The highest BCUT2D eigenvalue weighted by molar-refractivity contribution is 6.02. The standard InChI is InChI=1S/C19H14N4O/c20-18(24)14-8-4-10-16(17(14)13-6-2-1-3-7-13)23-12-22-15-9-5-11-21-19(15)23/h1-12H,(H2,20,24). The molecule has 0 bridgehead atoms. The second kappa shape index (κ2) is 5.62. The van der Waals surface area contributed by atoms with E-state index in [1.165, 1.54) is 0 Å². The summed E-state index contributed by atoms with van der Waals surface area (Å²) in [4.78, 5) is 20.8. The van der Waals surface area contributed by atoms with Crippen LogP contribution in [-0.4, -0.2) is 20.4 Å². The van der Waals surface area contributed by atoms with Gasteiger partial charge in [0.2, 0.25) is 5.91 Å². The summed E-state index contributed by atoms with van der Waals surface area (Å²) >= 11 is 0. The molecule has 0 aliphatic rings. The lowest BCUT2D eigenvalue weighted by Gasteiger charge is -2.14. The van der Waals surface area contributed by atoms with E-state index in [0.29, 0.717) is 5.56 Å². The van der Waals surface area contributed by atoms with Crippen molar-refractivity contribution in [2.45, 2.75) is 0 Å². The van der Waals surface area contributed by atoms with E-state index in [1.54, 1.807) is 18.6 Å². The van der Waals surface area contributed by atoms with E-state index in [9.17, 15) is 4.79 Å². The van der Waals surface area contributed by atoms with Gasteiger partial charge in [0.05, 0.1) is 5.69 Å². The van der Waals surface area contributed by atoms with Crippen molar-refractivity contribution in [2.75, 3.05) is 0 Å². The first kappa shape index (κ1) is 14.1. The maximum atomic E-state index is 12.0. The number of pyridine rings is 1. The molecule has 4 rings (SSSR count). The lowest BCUT2D eigenvalue weighted by atomic mass is 9.97. The van der Waals surface area contributed by atoms with Gasteiger partial charge < -0.3 is 5.73 Å². The lowest BCUT2D eigenvalue weighted by molar-refractivity contribution is 0.100. The van der Waals surface area contributed by atoms with Crippen molar-refractivity contribution in [3.63, 3.8) is 0 Å². The number of primary amides is 1. The number of imidazole rings is 1. The molecule has 0 radical (unpaired) electrons. The second-order valence-electron chi connectivity index (χ2n) is 5.39. The summed E-state index contributed by atoms with van der Waals surface area (Å²) in [7, 11) is 0. The molecule has 116 valence electrons. The van der Waals surface area contributed by atoms with Gasteiger partial charge in [-0.05, 0) is 29.8 Å². The van der Waals surface area contributed by atoms with E-state index in [-0.39, 0.29) is 0 Å².